The third kappa shape index (κ3) is 3.35. The predicted molar refractivity (Wildman–Crippen MR) is 84.4 cm³/mol. The minimum Gasteiger partial charge on any atom is -0.207 e. The van der Waals surface area contributed by atoms with Gasteiger partial charge in [-0.1, -0.05) is 34.5 Å². The summed E-state index contributed by atoms with van der Waals surface area (Å²) in [7, 11) is -3.43. The van der Waals surface area contributed by atoms with Crippen molar-refractivity contribution in [2.24, 2.45) is 5.92 Å². The van der Waals surface area contributed by atoms with E-state index in [9.17, 15) is 8.42 Å². The van der Waals surface area contributed by atoms with Crippen molar-refractivity contribution in [2.75, 3.05) is 13.1 Å². The standard InChI is InChI=1S/C12H14Br2ClNO2S/c1-8-7-16(5-4-10(8)13)19(17,18)9-2-3-12(15)11(14)6-9/h2-3,6,8,10H,4-5,7H2,1H3. The summed E-state index contributed by atoms with van der Waals surface area (Å²) < 4.78 is 27.2. The number of halogens is 3. The normalized spacial score (nSPS) is 25.5. The molecular weight excluding hydrogens is 417 g/mol. The van der Waals surface area contributed by atoms with Crippen LogP contribution in [0.2, 0.25) is 5.02 Å². The quantitative estimate of drug-likeness (QED) is 0.666. The first-order valence-corrected chi connectivity index (χ1v) is 9.44. The minimum atomic E-state index is -3.43. The van der Waals surface area contributed by atoms with Crippen molar-refractivity contribution in [3.8, 4) is 0 Å². The topological polar surface area (TPSA) is 37.4 Å². The summed E-state index contributed by atoms with van der Waals surface area (Å²) in [5, 5.41) is 0.506. The number of hydrogen-bond acceptors (Lipinski definition) is 2. The molecule has 0 N–H and O–H groups in total. The minimum absolute atomic E-state index is 0.281. The molecule has 1 aromatic rings. The molecule has 19 heavy (non-hydrogen) atoms. The fraction of sp³-hybridized carbons (Fsp3) is 0.500. The number of nitrogens with zero attached hydrogens (tertiary/aromatic N) is 1. The van der Waals surface area contributed by atoms with Gasteiger partial charge in [0, 0.05) is 22.4 Å². The Bertz CT molecular complexity index is 579. The summed E-state index contributed by atoms with van der Waals surface area (Å²) in [6.07, 6.45) is 0.829. The van der Waals surface area contributed by atoms with Crippen LogP contribution in [0.5, 0.6) is 0 Å². The lowest BCUT2D eigenvalue weighted by molar-refractivity contribution is 0.292. The van der Waals surface area contributed by atoms with Crippen LogP contribution in [0.3, 0.4) is 0 Å². The van der Waals surface area contributed by atoms with Gasteiger partial charge in [0.2, 0.25) is 10.0 Å². The SMILES string of the molecule is CC1CN(S(=O)(=O)c2ccc(Cl)c(Br)c2)CCC1Br. The van der Waals surface area contributed by atoms with Crippen molar-refractivity contribution in [1.82, 2.24) is 4.31 Å². The Labute approximate surface area is 135 Å². The Hall–Kier alpha value is 0.380. The number of benzene rings is 1. The number of alkyl halides is 1. The van der Waals surface area contributed by atoms with Gasteiger partial charge in [-0.3, -0.25) is 0 Å². The van der Waals surface area contributed by atoms with E-state index in [1.165, 1.54) is 0 Å². The third-order valence-electron chi connectivity index (χ3n) is 3.29. The lowest BCUT2D eigenvalue weighted by atomic mass is 10.0. The molecule has 2 atom stereocenters. The third-order valence-corrected chi connectivity index (χ3v) is 7.73. The highest BCUT2D eigenvalue weighted by Crippen LogP contribution is 2.30. The fourth-order valence-corrected chi connectivity index (χ4v) is 4.69. The van der Waals surface area contributed by atoms with Crippen LogP contribution in [0, 0.1) is 5.92 Å². The first-order valence-electron chi connectivity index (χ1n) is 5.91. The molecule has 2 unspecified atom stereocenters. The van der Waals surface area contributed by atoms with Crippen LogP contribution in [-0.4, -0.2) is 30.6 Å². The average molecular weight is 432 g/mol. The molecule has 106 valence electrons. The molecule has 2 rings (SSSR count). The van der Waals surface area contributed by atoms with Crippen molar-refractivity contribution >= 4 is 53.5 Å². The zero-order chi connectivity index (χ0) is 14.2. The molecule has 1 heterocycles. The number of sulfonamides is 1. The van der Waals surface area contributed by atoms with Crippen LogP contribution in [0.1, 0.15) is 13.3 Å². The van der Waals surface area contributed by atoms with Crippen LogP contribution in [0.15, 0.2) is 27.6 Å². The molecular formula is C12H14Br2ClNO2S. The molecule has 0 aliphatic carbocycles. The number of hydrogen-bond donors (Lipinski definition) is 0. The van der Waals surface area contributed by atoms with Crippen LogP contribution in [-0.2, 0) is 10.0 Å². The summed E-state index contributed by atoms with van der Waals surface area (Å²) >= 11 is 12.7. The van der Waals surface area contributed by atoms with E-state index in [1.807, 2.05) is 0 Å². The summed E-state index contributed by atoms with van der Waals surface area (Å²) in [5.41, 5.74) is 0. The lowest BCUT2D eigenvalue weighted by Crippen LogP contribution is -2.43. The van der Waals surface area contributed by atoms with E-state index in [1.54, 1.807) is 22.5 Å². The van der Waals surface area contributed by atoms with Gasteiger partial charge < -0.3 is 0 Å². The molecule has 1 saturated heterocycles. The van der Waals surface area contributed by atoms with Gasteiger partial charge in [-0.25, -0.2) is 8.42 Å². The second-order valence-electron chi connectivity index (χ2n) is 4.72. The van der Waals surface area contributed by atoms with E-state index in [2.05, 4.69) is 38.8 Å². The van der Waals surface area contributed by atoms with E-state index < -0.39 is 10.0 Å². The molecule has 0 amide bonds. The molecule has 0 spiro atoms. The zero-order valence-corrected chi connectivity index (χ0v) is 15.1. The Kier molecular flexibility index (Phi) is 4.99. The number of piperidine rings is 1. The van der Waals surface area contributed by atoms with Gasteiger partial charge in [-0.05, 0) is 46.5 Å². The first-order chi connectivity index (χ1) is 8.82. The van der Waals surface area contributed by atoms with Crippen molar-refractivity contribution in [3.05, 3.63) is 27.7 Å². The molecule has 1 aliphatic heterocycles. The zero-order valence-electron chi connectivity index (χ0n) is 10.3. The van der Waals surface area contributed by atoms with E-state index in [4.69, 9.17) is 11.6 Å². The molecule has 0 bridgehead atoms. The van der Waals surface area contributed by atoms with Crippen molar-refractivity contribution in [3.63, 3.8) is 0 Å². The maximum atomic E-state index is 12.5. The highest BCUT2D eigenvalue weighted by atomic mass is 79.9. The average Bonchev–Trinajstić information content (AvgIpc) is 2.35. The summed E-state index contributed by atoms with van der Waals surface area (Å²) in [6.45, 7) is 3.14. The predicted octanol–water partition coefficient (Wildman–Crippen LogP) is 3.90. The van der Waals surface area contributed by atoms with Gasteiger partial charge in [0.05, 0.1) is 9.92 Å². The summed E-state index contributed by atoms with van der Waals surface area (Å²) in [4.78, 5) is 0.667. The van der Waals surface area contributed by atoms with Crippen molar-refractivity contribution in [1.29, 1.82) is 0 Å². The Morgan fingerprint density at radius 3 is 2.68 bits per heavy atom. The Balaban J connectivity index is 2.29. The van der Waals surface area contributed by atoms with Crippen LogP contribution < -0.4 is 0 Å². The maximum Gasteiger partial charge on any atom is 0.243 e. The Morgan fingerprint density at radius 1 is 1.42 bits per heavy atom. The highest BCUT2D eigenvalue weighted by molar-refractivity contribution is 9.10. The van der Waals surface area contributed by atoms with Crippen molar-refractivity contribution < 1.29 is 8.42 Å². The molecule has 3 nitrogen and oxygen atoms in total. The van der Waals surface area contributed by atoms with Crippen molar-refractivity contribution in [2.45, 2.75) is 23.1 Å². The van der Waals surface area contributed by atoms with Gasteiger partial charge in [-0.15, -0.1) is 0 Å². The van der Waals surface area contributed by atoms with E-state index in [0.717, 1.165) is 6.42 Å². The maximum absolute atomic E-state index is 12.5. The van der Waals surface area contributed by atoms with Gasteiger partial charge >= 0.3 is 0 Å². The van der Waals surface area contributed by atoms with Crippen LogP contribution in [0.4, 0.5) is 0 Å². The summed E-state index contributed by atoms with van der Waals surface area (Å²) in [6, 6.07) is 4.70. The molecule has 0 aromatic heterocycles. The van der Waals surface area contributed by atoms with Gasteiger partial charge in [-0.2, -0.15) is 4.31 Å². The first kappa shape index (κ1) is 15.8. The van der Waals surface area contributed by atoms with Gasteiger partial charge in [0.25, 0.3) is 0 Å². The van der Waals surface area contributed by atoms with Crippen LogP contribution in [0.25, 0.3) is 0 Å². The van der Waals surface area contributed by atoms with Gasteiger partial charge in [0.1, 0.15) is 0 Å². The van der Waals surface area contributed by atoms with Crippen LogP contribution >= 0.6 is 43.5 Å². The molecule has 0 radical (unpaired) electrons. The lowest BCUT2D eigenvalue weighted by Gasteiger charge is -2.33. The second-order valence-corrected chi connectivity index (χ2v) is 9.10. The van der Waals surface area contributed by atoms with E-state index in [0.29, 0.717) is 33.3 Å². The Morgan fingerprint density at radius 2 is 2.11 bits per heavy atom. The smallest absolute Gasteiger partial charge is 0.207 e. The summed E-state index contributed by atoms with van der Waals surface area (Å²) in [5.74, 6) is 0.305. The van der Waals surface area contributed by atoms with Gasteiger partial charge in [0.15, 0.2) is 0 Å². The van der Waals surface area contributed by atoms with E-state index >= 15 is 0 Å². The highest BCUT2D eigenvalue weighted by Gasteiger charge is 2.32. The largest absolute Gasteiger partial charge is 0.243 e. The molecule has 7 heteroatoms. The number of rotatable bonds is 2. The second kappa shape index (κ2) is 6.02. The molecule has 0 saturated carbocycles. The monoisotopic (exact) mass is 429 g/mol. The molecule has 1 aromatic carbocycles. The van der Waals surface area contributed by atoms with E-state index in [-0.39, 0.29) is 4.90 Å². The fourth-order valence-electron chi connectivity index (χ4n) is 2.08. The molecule has 1 fully saturated rings. The molecule has 1 aliphatic rings.